The van der Waals surface area contributed by atoms with E-state index in [1.54, 1.807) is 0 Å². The molecule has 2 amide bonds. The van der Waals surface area contributed by atoms with Crippen LogP contribution >= 0.6 is 11.8 Å². The van der Waals surface area contributed by atoms with Crippen LogP contribution in [0.5, 0.6) is 0 Å². The fraction of sp³-hybridized carbons (Fsp3) is 0.233. The Kier molecular flexibility index (Phi) is 8.53. The van der Waals surface area contributed by atoms with Crippen LogP contribution in [0.3, 0.4) is 0 Å². The first-order chi connectivity index (χ1) is 18.2. The second kappa shape index (κ2) is 12.0. The SMILES string of the molecule is CC1=C(C(=O)Nc2ccccc2)[C@H](c2ccc(N(C)C)cc2)N=C(SCC(=O)Nc2cc(C)cc(C)c2)N1. The molecule has 0 unspecified atom stereocenters. The maximum Gasteiger partial charge on any atom is 0.255 e. The minimum Gasteiger partial charge on any atom is -0.378 e. The number of thioether (sulfide) groups is 1. The molecule has 0 saturated carbocycles. The van der Waals surface area contributed by atoms with Gasteiger partial charge in [-0.15, -0.1) is 0 Å². The van der Waals surface area contributed by atoms with Gasteiger partial charge < -0.3 is 20.9 Å². The van der Waals surface area contributed by atoms with Gasteiger partial charge in [0.1, 0.15) is 6.04 Å². The molecule has 38 heavy (non-hydrogen) atoms. The number of nitrogens with one attached hydrogen (secondary N) is 3. The number of nitrogens with zero attached hydrogens (tertiary/aromatic N) is 2. The van der Waals surface area contributed by atoms with E-state index < -0.39 is 6.04 Å². The molecule has 0 radical (unpaired) electrons. The van der Waals surface area contributed by atoms with Crippen LogP contribution in [-0.4, -0.2) is 36.8 Å². The Hall–Kier alpha value is -4.04. The van der Waals surface area contributed by atoms with Gasteiger partial charge >= 0.3 is 0 Å². The lowest BCUT2D eigenvalue weighted by atomic mass is 9.95. The zero-order valence-electron chi connectivity index (χ0n) is 22.3. The number of hydrogen-bond acceptors (Lipinski definition) is 6. The predicted octanol–water partition coefficient (Wildman–Crippen LogP) is 5.65. The number of aryl methyl sites for hydroxylation is 2. The molecule has 0 bridgehead atoms. The maximum atomic E-state index is 13.4. The summed E-state index contributed by atoms with van der Waals surface area (Å²) in [5, 5.41) is 9.79. The molecule has 0 spiro atoms. The summed E-state index contributed by atoms with van der Waals surface area (Å²) in [7, 11) is 3.97. The van der Waals surface area contributed by atoms with E-state index in [1.165, 1.54) is 11.8 Å². The standard InChI is InChI=1S/C30H33N5O2S/c1-19-15-20(2)17-24(16-19)32-26(36)18-38-30-31-21(3)27(29(37)33-23-9-7-6-8-10-23)28(34-30)22-11-13-25(14-12-22)35(4)5/h6-17,28H,18H2,1-5H3,(H,31,34)(H,32,36)(H,33,37)/t28-/m0/s1. The largest absolute Gasteiger partial charge is 0.378 e. The summed E-state index contributed by atoms with van der Waals surface area (Å²) in [5.74, 6) is -0.155. The van der Waals surface area contributed by atoms with Gasteiger partial charge in [-0.25, -0.2) is 4.99 Å². The number of carbonyl (C=O) groups excluding carboxylic acids is 2. The van der Waals surface area contributed by atoms with Gasteiger partial charge in [-0.3, -0.25) is 9.59 Å². The Bertz CT molecular complexity index is 1360. The molecule has 3 aromatic rings. The number of aliphatic imine (C=N–C) groups is 1. The van der Waals surface area contributed by atoms with E-state index in [4.69, 9.17) is 4.99 Å². The molecule has 3 aromatic carbocycles. The van der Waals surface area contributed by atoms with Crippen molar-refractivity contribution in [3.8, 4) is 0 Å². The van der Waals surface area contributed by atoms with Crippen LogP contribution < -0.4 is 20.9 Å². The van der Waals surface area contributed by atoms with Crippen molar-refractivity contribution >= 4 is 45.8 Å². The van der Waals surface area contributed by atoms with E-state index >= 15 is 0 Å². The van der Waals surface area contributed by atoms with Gasteiger partial charge in [-0.1, -0.05) is 48.2 Å². The zero-order valence-corrected chi connectivity index (χ0v) is 23.1. The van der Waals surface area contributed by atoms with Crippen LogP contribution in [0.1, 0.15) is 29.7 Å². The highest BCUT2D eigenvalue weighted by molar-refractivity contribution is 8.14. The summed E-state index contributed by atoms with van der Waals surface area (Å²) in [6, 6.07) is 22.8. The Morgan fingerprint density at radius 3 is 2.18 bits per heavy atom. The summed E-state index contributed by atoms with van der Waals surface area (Å²) < 4.78 is 0. The minimum atomic E-state index is -0.513. The van der Waals surface area contributed by atoms with Crippen molar-refractivity contribution in [2.45, 2.75) is 26.8 Å². The summed E-state index contributed by atoms with van der Waals surface area (Å²) >= 11 is 1.31. The number of carbonyl (C=O) groups is 2. The van der Waals surface area contributed by atoms with E-state index in [-0.39, 0.29) is 17.6 Å². The van der Waals surface area contributed by atoms with Crippen molar-refractivity contribution in [3.63, 3.8) is 0 Å². The highest BCUT2D eigenvalue weighted by atomic mass is 32.2. The predicted molar refractivity (Wildman–Crippen MR) is 159 cm³/mol. The number of rotatable bonds is 7. The van der Waals surface area contributed by atoms with E-state index in [2.05, 4.69) is 22.0 Å². The van der Waals surface area contributed by atoms with Gasteiger partial charge in [0, 0.05) is 36.9 Å². The number of amidine groups is 1. The molecule has 4 rings (SSSR count). The first kappa shape index (κ1) is 27.0. The molecule has 0 saturated heterocycles. The molecular weight excluding hydrogens is 494 g/mol. The maximum absolute atomic E-state index is 13.4. The normalized spacial score (nSPS) is 14.9. The first-order valence-corrected chi connectivity index (χ1v) is 13.4. The number of hydrogen-bond donors (Lipinski definition) is 3. The van der Waals surface area contributed by atoms with Crippen molar-refractivity contribution in [2.24, 2.45) is 4.99 Å². The highest BCUT2D eigenvalue weighted by Crippen LogP contribution is 2.34. The molecule has 3 N–H and O–H groups in total. The lowest BCUT2D eigenvalue weighted by Gasteiger charge is -2.26. The monoisotopic (exact) mass is 527 g/mol. The Balaban J connectivity index is 1.55. The van der Waals surface area contributed by atoms with Gasteiger partial charge in [0.05, 0.1) is 11.3 Å². The van der Waals surface area contributed by atoms with E-state index in [9.17, 15) is 9.59 Å². The molecular formula is C30H33N5O2S. The average Bonchev–Trinajstić information content (AvgIpc) is 2.87. The Morgan fingerprint density at radius 1 is 0.895 bits per heavy atom. The van der Waals surface area contributed by atoms with Crippen molar-refractivity contribution in [1.29, 1.82) is 0 Å². The van der Waals surface area contributed by atoms with Gasteiger partial charge in [0.25, 0.3) is 5.91 Å². The fourth-order valence-electron chi connectivity index (χ4n) is 4.31. The molecule has 1 aliphatic heterocycles. The number of allylic oxidation sites excluding steroid dienone is 1. The smallest absolute Gasteiger partial charge is 0.255 e. The second-order valence-corrected chi connectivity index (χ2v) is 10.5. The molecule has 0 fully saturated rings. The molecule has 0 aliphatic carbocycles. The summed E-state index contributed by atoms with van der Waals surface area (Å²) in [6.45, 7) is 5.87. The minimum absolute atomic E-state index is 0.120. The molecule has 1 heterocycles. The summed E-state index contributed by atoms with van der Waals surface area (Å²) in [4.78, 5) is 33.0. The van der Waals surface area contributed by atoms with E-state index in [0.29, 0.717) is 22.1 Å². The summed E-state index contributed by atoms with van der Waals surface area (Å²) in [6.07, 6.45) is 0. The lowest BCUT2D eigenvalue weighted by Crippen LogP contribution is -2.32. The van der Waals surface area contributed by atoms with Crippen LogP contribution in [0.2, 0.25) is 0 Å². The molecule has 1 aliphatic rings. The third-order valence-corrected chi connectivity index (χ3v) is 6.95. The van der Waals surface area contributed by atoms with Gasteiger partial charge in [0.15, 0.2) is 5.17 Å². The molecule has 1 atom stereocenters. The van der Waals surface area contributed by atoms with Gasteiger partial charge in [-0.2, -0.15) is 0 Å². The third kappa shape index (κ3) is 6.83. The summed E-state index contributed by atoms with van der Waals surface area (Å²) in [5.41, 5.74) is 6.87. The second-order valence-electron chi connectivity index (χ2n) is 9.52. The van der Waals surface area contributed by atoms with Crippen LogP contribution in [0.4, 0.5) is 17.1 Å². The van der Waals surface area contributed by atoms with Crippen LogP contribution in [-0.2, 0) is 9.59 Å². The number of para-hydroxylation sites is 1. The van der Waals surface area contributed by atoms with Crippen molar-refractivity contribution in [1.82, 2.24) is 5.32 Å². The number of anilines is 3. The topological polar surface area (TPSA) is 85.8 Å². The number of benzene rings is 3. The van der Waals surface area contributed by atoms with Crippen molar-refractivity contribution < 1.29 is 9.59 Å². The lowest BCUT2D eigenvalue weighted by molar-refractivity contribution is -0.114. The molecule has 8 heteroatoms. The van der Waals surface area contributed by atoms with Crippen LogP contribution in [0.15, 0.2) is 89.1 Å². The zero-order chi connectivity index (χ0) is 27.2. The van der Waals surface area contributed by atoms with E-state index in [0.717, 1.165) is 28.1 Å². The highest BCUT2D eigenvalue weighted by Gasteiger charge is 2.30. The van der Waals surface area contributed by atoms with Gasteiger partial charge in [0.2, 0.25) is 5.91 Å². The van der Waals surface area contributed by atoms with Crippen molar-refractivity contribution in [2.75, 3.05) is 35.4 Å². The van der Waals surface area contributed by atoms with Crippen molar-refractivity contribution in [3.05, 3.63) is 101 Å². The van der Waals surface area contributed by atoms with Crippen LogP contribution in [0.25, 0.3) is 0 Å². The Labute approximate surface area is 228 Å². The molecule has 0 aromatic heterocycles. The molecule has 196 valence electrons. The van der Waals surface area contributed by atoms with Crippen LogP contribution in [0, 0.1) is 13.8 Å². The fourth-order valence-corrected chi connectivity index (χ4v) is 5.05. The average molecular weight is 528 g/mol. The third-order valence-electron chi connectivity index (χ3n) is 6.07. The first-order valence-electron chi connectivity index (χ1n) is 12.4. The van der Waals surface area contributed by atoms with Gasteiger partial charge in [-0.05, 0) is 73.9 Å². The number of amides is 2. The quantitative estimate of drug-likeness (QED) is 0.370. The Morgan fingerprint density at radius 2 is 1.55 bits per heavy atom. The van der Waals surface area contributed by atoms with E-state index in [1.807, 2.05) is 106 Å². The molecule has 7 nitrogen and oxygen atoms in total.